The molecule has 0 aromatic heterocycles. The van der Waals surface area contributed by atoms with Gasteiger partial charge in [-0.15, -0.1) is 0 Å². The second-order valence-electron chi connectivity index (χ2n) is 15.0. The van der Waals surface area contributed by atoms with Gasteiger partial charge in [-0.1, -0.05) is 37.7 Å². The molecule has 44 heavy (non-hydrogen) atoms. The summed E-state index contributed by atoms with van der Waals surface area (Å²) in [5.74, 6) is 9.46. The molecule has 5 unspecified atom stereocenters. The number of rotatable bonds is 6. The fraction of sp³-hybridized carbons (Fsp3) is 0.857. The summed E-state index contributed by atoms with van der Waals surface area (Å²) in [7, 11) is 0. The van der Waals surface area contributed by atoms with E-state index in [0.29, 0.717) is 48.0 Å². The van der Waals surface area contributed by atoms with Crippen LogP contribution in [0.4, 0.5) is 0 Å². The van der Waals surface area contributed by atoms with Gasteiger partial charge in [0.2, 0.25) is 5.91 Å². The zero-order valence-electron chi connectivity index (χ0n) is 26.6. The minimum Gasteiger partial charge on any atom is -0.393 e. The number of nitrogens with zero attached hydrogens (tertiary/aromatic N) is 3. The summed E-state index contributed by atoms with van der Waals surface area (Å²) >= 11 is 0. The third-order valence-corrected chi connectivity index (χ3v) is 12.4. The molecular weight excluding hydrogens is 552 g/mol. The molecule has 4 heterocycles. The molecule has 7 rings (SSSR count). The van der Waals surface area contributed by atoms with Crippen LogP contribution in [0.5, 0.6) is 0 Å². The van der Waals surface area contributed by atoms with E-state index in [1.165, 1.54) is 51.0 Å². The highest BCUT2D eigenvalue weighted by molar-refractivity contribution is 5.87. The number of hydrogen-bond donors (Lipinski definition) is 4. The van der Waals surface area contributed by atoms with E-state index >= 15 is 0 Å². The molecule has 3 aliphatic carbocycles. The summed E-state index contributed by atoms with van der Waals surface area (Å²) in [6.45, 7) is 8.08. The summed E-state index contributed by atoms with van der Waals surface area (Å²) in [6.07, 6.45) is 17.3. The molecule has 0 aromatic carbocycles. The van der Waals surface area contributed by atoms with Crippen molar-refractivity contribution >= 4 is 5.91 Å². The van der Waals surface area contributed by atoms with Gasteiger partial charge in [0, 0.05) is 56.8 Å². The van der Waals surface area contributed by atoms with Crippen LogP contribution in [0, 0.1) is 35.5 Å². The summed E-state index contributed by atoms with van der Waals surface area (Å²) < 4.78 is 6.64. The average Bonchev–Trinajstić information content (AvgIpc) is 3.34. The number of amides is 1. The lowest BCUT2D eigenvalue weighted by molar-refractivity contribution is -0.127. The van der Waals surface area contributed by atoms with Crippen molar-refractivity contribution in [3.05, 3.63) is 12.7 Å². The summed E-state index contributed by atoms with van der Waals surface area (Å²) in [5, 5.41) is 17.6. The lowest BCUT2D eigenvalue weighted by Gasteiger charge is -2.46. The van der Waals surface area contributed by atoms with Crippen LogP contribution in [-0.4, -0.2) is 107 Å². The predicted octanol–water partition coefficient (Wildman–Crippen LogP) is 2.21. The molecule has 3 saturated carbocycles. The second-order valence-corrected chi connectivity index (χ2v) is 15.0. The molecule has 4 saturated heterocycles. The first kappa shape index (κ1) is 31.1. The van der Waals surface area contributed by atoms with Crippen LogP contribution in [-0.2, 0) is 9.53 Å². The maximum Gasteiger partial charge on any atom is 0.245 e. The molecule has 244 valence electrons. The topological polar surface area (TPSA) is 106 Å². The lowest BCUT2D eigenvalue weighted by Crippen LogP contribution is -2.65. The van der Waals surface area contributed by atoms with Crippen molar-refractivity contribution in [2.75, 3.05) is 32.8 Å². The van der Waals surface area contributed by atoms with Crippen LogP contribution in [0.1, 0.15) is 83.5 Å². The Balaban J connectivity index is 1.03. The van der Waals surface area contributed by atoms with Crippen LogP contribution < -0.4 is 16.4 Å². The maximum atomic E-state index is 12.0. The molecule has 9 heteroatoms. The minimum atomic E-state index is -0.192. The minimum absolute atomic E-state index is 0.0419. The molecule has 4 aliphatic heterocycles. The molecule has 0 radical (unpaired) electrons. The highest BCUT2D eigenvalue weighted by Crippen LogP contribution is 2.49. The smallest absolute Gasteiger partial charge is 0.245 e. The number of ether oxygens (including phenoxy) is 1. The highest BCUT2D eigenvalue weighted by atomic mass is 16.5. The Morgan fingerprint density at radius 1 is 0.886 bits per heavy atom. The van der Waals surface area contributed by atoms with Crippen LogP contribution in [0.25, 0.3) is 0 Å². The summed E-state index contributed by atoms with van der Waals surface area (Å²) in [5.41, 5.74) is 6.87. The number of carbonyl (C=O) groups is 1. The van der Waals surface area contributed by atoms with Crippen molar-refractivity contribution in [3.63, 3.8) is 0 Å². The van der Waals surface area contributed by atoms with E-state index in [1.54, 1.807) is 0 Å². The zero-order chi connectivity index (χ0) is 30.2. The quantitative estimate of drug-likeness (QED) is 0.269. The molecule has 0 spiro atoms. The first-order valence-electron chi connectivity index (χ1n) is 18.0. The van der Waals surface area contributed by atoms with Crippen LogP contribution in [0.3, 0.4) is 0 Å². The fourth-order valence-electron chi connectivity index (χ4n) is 9.85. The van der Waals surface area contributed by atoms with Crippen molar-refractivity contribution in [3.8, 4) is 11.8 Å². The Morgan fingerprint density at radius 3 is 2.27 bits per heavy atom. The Morgan fingerprint density at radius 2 is 1.59 bits per heavy atom. The van der Waals surface area contributed by atoms with Gasteiger partial charge in [-0.05, 0) is 82.1 Å². The van der Waals surface area contributed by atoms with Gasteiger partial charge >= 0.3 is 0 Å². The van der Waals surface area contributed by atoms with Crippen molar-refractivity contribution < 1.29 is 14.6 Å². The van der Waals surface area contributed by atoms with Gasteiger partial charge in [-0.3, -0.25) is 25.2 Å². The molecule has 7 aliphatic rings. The Hall–Kier alpha value is -1.51. The lowest BCUT2D eigenvalue weighted by atomic mass is 9.70. The third kappa shape index (κ3) is 6.38. The monoisotopic (exact) mass is 608 g/mol. The Labute approximate surface area is 264 Å². The number of piperidine rings is 1. The van der Waals surface area contributed by atoms with Crippen LogP contribution in [0.2, 0.25) is 0 Å². The first-order chi connectivity index (χ1) is 21.5. The maximum absolute atomic E-state index is 12.0. The van der Waals surface area contributed by atoms with Gasteiger partial charge in [0.25, 0.3) is 0 Å². The van der Waals surface area contributed by atoms with Gasteiger partial charge in [-0.25, -0.2) is 0 Å². The van der Waals surface area contributed by atoms with Crippen molar-refractivity contribution in [2.45, 2.75) is 132 Å². The molecule has 5 atom stereocenters. The van der Waals surface area contributed by atoms with E-state index in [-0.39, 0.29) is 30.4 Å². The number of aliphatic hydroxyl groups is 1. The molecule has 5 N–H and O–H groups in total. The number of likely N-dealkylation sites (tertiary alicyclic amines) is 3. The van der Waals surface area contributed by atoms with E-state index in [2.05, 4.69) is 38.9 Å². The largest absolute Gasteiger partial charge is 0.393 e. The van der Waals surface area contributed by atoms with E-state index in [0.717, 1.165) is 71.4 Å². The van der Waals surface area contributed by atoms with Crippen LogP contribution >= 0.6 is 0 Å². The molecule has 0 aromatic rings. The highest BCUT2D eigenvalue weighted by Gasteiger charge is 2.57. The third-order valence-electron chi connectivity index (χ3n) is 12.4. The Bertz CT molecular complexity index is 1060. The van der Waals surface area contributed by atoms with Gasteiger partial charge in [0.05, 0.1) is 36.7 Å². The normalized spacial score (nSPS) is 41.2. The van der Waals surface area contributed by atoms with Crippen molar-refractivity contribution in [1.82, 2.24) is 25.3 Å². The Kier molecular flexibility index (Phi) is 9.68. The first-order valence-corrected chi connectivity index (χ1v) is 18.0. The van der Waals surface area contributed by atoms with Crippen molar-refractivity contribution in [1.29, 1.82) is 0 Å². The van der Waals surface area contributed by atoms with E-state index in [4.69, 9.17) is 10.5 Å². The summed E-state index contributed by atoms with van der Waals surface area (Å²) in [4.78, 5) is 19.2. The number of fused-ring (bicyclic) bond motifs is 1. The fourth-order valence-corrected chi connectivity index (χ4v) is 9.85. The summed E-state index contributed by atoms with van der Waals surface area (Å²) in [6, 6.07) is 1.09. The number of aliphatic hydroxyl groups excluding tert-OH is 1. The molecule has 7 fully saturated rings. The van der Waals surface area contributed by atoms with E-state index in [1.807, 2.05) is 4.90 Å². The van der Waals surface area contributed by atoms with E-state index < -0.39 is 0 Å². The molecule has 1 amide bonds. The van der Waals surface area contributed by atoms with Crippen molar-refractivity contribution in [2.24, 2.45) is 29.4 Å². The SMILES string of the molecule is C=CC(=O)N1CCC(N2CC(C#CC3C(C4CCC(OC5CCCCC5)CC4)C4C(N)NCNC4N3C3CC(O)C3)C2)CC1. The molecular formula is C35H56N6O3. The number of carbonyl (C=O) groups excluding carboxylic acids is 1. The number of hydrogen-bond acceptors (Lipinski definition) is 8. The molecule has 9 nitrogen and oxygen atoms in total. The van der Waals surface area contributed by atoms with E-state index in [9.17, 15) is 9.90 Å². The van der Waals surface area contributed by atoms with Crippen LogP contribution in [0.15, 0.2) is 12.7 Å². The van der Waals surface area contributed by atoms with Gasteiger partial charge in [-0.2, -0.15) is 0 Å². The molecule has 0 bridgehead atoms. The van der Waals surface area contributed by atoms with Gasteiger partial charge in [0.15, 0.2) is 0 Å². The number of nitrogens with two attached hydrogens (primary N) is 1. The number of nitrogens with one attached hydrogen (secondary N) is 2. The average molecular weight is 609 g/mol. The predicted molar refractivity (Wildman–Crippen MR) is 171 cm³/mol. The van der Waals surface area contributed by atoms with Gasteiger partial charge in [0.1, 0.15) is 0 Å². The standard InChI is InChI=1S/C35H56N6O3/c1-2-31(43)39-16-14-25(15-17-39)40-20-23(21-40)8-13-30-32(24-9-11-29(12-10-24)44-28-6-4-3-5-7-28)33-34(36)37-22-38-35(33)41(30)26-18-27(42)19-26/h2,23-30,32-35,37-38,42H,1,3-7,9-12,14-22,36H2. The van der Waals surface area contributed by atoms with Gasteiger partial charge < -0.3 is 20.5 Å². The second kappa shape index (κ2) is 13.7. The zero-order valence-corrected chi connectivity index (χ0v) is 26.6.